The monoisotopic (exact) mass is 391 g/mol. The molecule has 3 rings (SSSR count). The second kappa shape index (κ2) is 10.2. The van der Waals surface area contributed by atoms with Crippen LogP contribution in [0, 0.1) is 10.1 Å². The van der Waals surface area contributed by atoms with Crippen LogP contribution in [0.3, 0.4) is 0 Å². The SMILES string of the molecule is O=C(NCCCCCCNc1ccc([N+](=O)[O-])cc1)c1cccc2ccccc12. The van der Waals surface area contributed by atoms with Crippen molar-refractivity contribution in [2.45, 2.75) is 25.7 Å². The number of hydrogen-bond donors (Lipinski definition) is 2. The van der Waals surface area contributed by atoms with Gasteiger partial charge in [0.05, 0.1) is 4.92 Å². The molecule has 6 heteroatoms. The number of rotatable bonds is 10. The zero-order valence-corrected chi connectivity index (χ0v) is 16.3. The van der Waals surface area contributed by atoms with E-state index < -0.39 is 4.92 Å². The number of carbonyl (C=O) groups is 1. The van der Waals surface area contributed by atoms with Crippen molar-refractivity contribution in [1.82, 2.24) is 5.32 Å². The van der Waals surface area contributed by atoms with E-state index in [9.17, 15) is 14.9 Å². The number of unbranched alkanes of at least 4 members (excludes halogenated alkanes) is 3. The minimum Gasteiger partial charge on any atom is -0.385 e. The predicted molar refractivity (Wildman–Crippen MR) is 116 cm³/mol. The lowest BCUT2D eigenvalue weighted by molar-refractivity contribution is -0.384. The normalized spacial score (nSPS) is 10.6. The zero-order chi connectivity index (χ0) is 20.5. The van der Waals surface area contributed by atoms with Crippen molar-refractivity contribution >= 4 is 28.1 Å². The van der Waals surface area contributed by atoms with Crippen LogP contribution >= 0.6 is 0 Å². The number of nitrogens with zero attached hydrogens (tertiary/aromatic N) is 1. The van der Waals surface area contributed by atoms with Gasteiger partial charge in [0.1, 0.15) is 0 Å². The van der Waals surface area contributed by atoms with Crippen molar-refractivity contribution < 1.29 is 9.72 Å². The molecule has 29 heavy (non-hydrogen) atoms. The van der Waals surface area contributed by atoms with Crippen LogP contribution in [0.5, 0.6) is 0 Å². The van der Waals surface area contributed by atoms with Gasteiger partial charge < -0.3 is 10.6 Å². The first kappa shape index (κ1) is 20.3. The summed E-state index contributed by atoms with van der Waals surface area (Å²) in [7, 11) is 0. The fraction of sp³-hybridized carbons (Fsp3) is 0.261. The number of hydrogen-bond acceptors (Lipinski definition) is 4. The maximum atomic E-state index is 12.5. The molecule has 0 saturated heterocycles. The van der Waals surface area contributed by atoms with Gasteiger partial charge in [-0.1, -0.05) is 49.2 Å². The Labute approximate surface area is 170 Å². The van der Waals surface area contributed by atoms with Gasteiger partial charge in [0.25, 0.3) is 11.6 Å². The minimum absolute atomic E-state index is 0.0263. The Bertz CT molecular complexity index is 965. The Morgan fingerprint density at radius 2 is 1.52 bits per heavy atom. The Hall–Kier alpha value is -3.41. The average molecular weight is 391 g/mol. The molecular formula is C23H25N3O3. The van der Waals surface area contributed by atoms with Crippen molar-refractivity contribution in [3.05, 3.63) is 82.4 Å². The number of amides is 1. The molecular weight excluding hydrogens is 366 g/mol. The summed E-state index contributed by atoms with van der Waals surface area (Å²) in [6.45, 7) is 1.48. The van der Waals surface area contributed by atoms with Gasteiger partial charge in [-0.05, 0) is 41.8 Å². The van der Waals surface area contributed by atoms with Crippen molar-refractivity contribution in [1.29, 1.82) is 0 Å². The number of nitro benzene ring substituents is 1. The molecule has 0 spiro atoms. The molecule has 0 fully saturated rings. The predicted octanol–water partition coefficient (Wildman–Crippen LogP) is 5.15. The molecule has 0 aliphatic carbocycles. The quantitative estimate of drug-likeness (QED) is 0.284. The van der Waals surface area contributed by atoms with E-state index in [-0.39, 0.29) is 11.6 Å². The van der Waals surface area contributed by atoms with Crippen molar-refractivity contribution in [3.63, 3.8) is 0 Å². The summed E-state index contributed by atoms with van der Waals surface area (Å²) < 4.78 is 0. The third-order valence-corrected chi connectivity index (χ3v) is 4.83. The van der Waals surface area contributed by atoms with Crippen LogP contribution in [0.1, 0.15) is 36.0 Å². The van der Waals surface area contributed by atoms with Gasteiger partial charge in [-0.3, -0.25) is 14.9 Å². The van der Waals surface area contributed by atoms with Gasteiger partial charge in [-0.2, -0.15) is 0 Å². The lowest BCUT2D eigenvalue weighted by Gasteiger charge is -2.08. The summed E-state index contributed by atoms with van der Waals surface area (Å²) in [5.74, 6) is -0.0263. The Kier molecular flexibility index (Phi) is 7.16. The highest BCUT2D eigenvalue weighted by Crippen LogP contribution is 2.18. The van der Waals surface area contributed by atoms with E-state index in [0.29, 0.717) is 6.54 Å². The Morgan fingerprint density at radius 1 is 0.828 bits per heavy atom. The molecule has 3 aromatic carbocycles. The summed E-state index contributed by atoms with van der Waals surface area (Å²) in [5, 5.41) is 19.0. The summed E-state index contributed by atoms with van der Waals surface area (Å²) in [5.41, 5.74) is 1.70. The van der Waals surface area contributed by atoms with E-state index in [2.05, 4.69) is 10.6 Å². The number of nitro groups is 1. The second-order valence-electron chi connectivity index (χ2n) is 6.93. The topological polar surface area (TPSA) is 84.3 Å². The van der Waals surface area contributed by atoms with Crippen LogP contribution in [0.15, 0.2) is 66.7 Å². The van der Waals surface area contributed by atoms with Gasteiger partial charge in [0.2, 0.25) is 0 Å². The molecule has 0 bridgehead atoms. The van der Waals surface area contributed by atoms with Crippen LogP contribution in [0.2, 0.25) is 0 Å². The number of benzene rings is 3. The maximum absolute atomic E-state index is 12.5. The molecule has 6 nitrogen and oxygen atoms in total. The van der Waals surface area contributed by atoms with Gasteiger partial charge in [0, 0.05) is 36.5 Å². The number of anilines is 1. The van der Waals surface area contributed by atoms with Crippen LogP contribution in [0.4, 0.5) is 11.4 Å². The minimum atomic E-state index is -0.400. The number of fused-ring (bicyclic) bond motifs is 1. The summed E-state index contributed by atoms with van der Waals surface area (Å²) in [6.07, 6.45) is 4.05. The van der Waals surface area contributed by atoms with E-state index in [1.165, 1.54) is 12.1 Å². The first-order valence-corrected chi connectivity index (χ1v) is 9.89. The van der Waals surface area contributed by atoms with Crippen molar-refractivity contribution in [3.8, 4) is 0 Å². The molecule has 3 aromatic rings. The van der Waals surface area contributed by atoms with E-state index in [4.69, 9.17) is 0 Å². The molecule has 0 atom stereocenters. The molecule has 0 aliphatic rings. The second-order valence-corrected chi connectivity index (χ2v) is 6.93. The van der Waals surface area contributed by atoms with Crippen molar-refractivity contribution in [2.75, 3.05) is 18.4 Å². The molecule has 1 amide bonds. The fourth-order valence-electron chi connectivity index (χ4n) is 3.26. The summed E-state index contributed by atoms with van der Waals surface area (Å²) in [6, 6.07) is 20.1. The van der Waals surface area contributed by atoms with Gasteiger partial charge in [-0.25, -0.2) is 0 Å². The highest BCUT2D eigenvalue weighted by Gasteiger charge is 2.08. The Balaban J connectivity index is 1.31. The molecule has 0 saturated carbocycles. The number of carbonyl (C=O) groups excluding carboxylic acids is 1. The van der Waals surface area contributed by atoms with E-state index in [1.54, 1.807) is 12.1 Å². The number of non-ortho nitro benzene ring substituents is 1. The van der Waals surface area contributed by atoms with Gasteiger partial charge in [0.15, 0.2) is 0 Å². The molecule has 0 radical (unpaired) electrons. The molecule has 0 heterocycles. The summed E-state index contributed by atoms with van der Waals surface area (Å²) in [4.78, 5) is 22.7. The largest absolute Gasteiger partial charge is 0.385 e. The molecule has 0 unspecified atom stereocenters. The fourth-order valence-corrected chi connectivity index (χ4v) is 3.26. The lowest BCUT2D eigenvalue weighted by Crippen LogP contribution is -2.24. The van der Waals surface area contributed by atoms with Crippen LogP contribution in [0.25, 0.3) is 10.8 Å². The van der Waals surface area contributed by atoms with Crippen molar-refractivity contribution in [2.24, 2.45) is 0 Å². The van der Waals surface area contributed by atoms with E-state index >= 15 is 0 Å². The smallest absolute Gasteiger partial charge is 0.269 e. The molecule has 2 N–H and O–H groups in total. The average Bonchev–Trinajstić information content (AvgIpc) is 2.75. The standard InChI is InChI=1S/C23H25N3O3/c27-23(22-11-7-9-18-8-3-4-10-21(18)22)25-17-6-2-1-5-16-24-19-12-14-20(15-13-19)26(28)29/h3-4,7-15,24H,1-2,5-6,16-17H2,(H,25,27). The van der Waals surface area contributed by atoms with E-state index in [0.717, 1.165) is 54.3 Å². The lowest BCUT2D eigenvalue weighted by atomic mass is 10.0. The highest BCUT2D eigenvalue weighted by molar-refractivity contribution is 6.06. The third kappa shape index (κ3) is 5.78. The van der Waals surface area contributed by atoms with Crippen LogP contribution in [-0.4, -0.2) is 23.9 Å². The first-order valence-electron chi connectivity index (χ1n) is 9.89. The molecule has 150 valence electrons. The molecule has 0 aromatic heterocycles. The van der Waals surface area contributed by atoms with Crippen LogP contribution < -0.4 is 10.6 Å². The third-order valence-electron chi connectivity index (χ3n) is 4.83. The zero-order valence-electron chi connectivity index (χ0n) is 16.3. The maximum Gasteiger partial charge on any atom is 0.269 e. The van der Waals surface area contributed by atoms with Gasteiger partial charge in [-0.15, -0.1) is 0 Å². The van der Waals surface area contributed by atoms with E-state index in [1.807, 2.05) is 42.5 Å². The van der Waals surface area contributed by atoms with Crippen LogP contribution in [-0.2, 0) is 0 Å². The number of nitrogens with one attached hydrogen (secondary N) is 2. The summed E-state index contributed by atoms with van der Waals surface area (Å²) >= 11 is 0. The Morgan fingerprint density at radius 3 is 2.28 bits per heavy atom. The van der Waals surface area contributed by atoms with Gasteiger partial charge >= 0.3 is 0 Å². The highest BCUT2D eigenvalue weighted by atomic mass is 16.6. The molecule has 0 aliphatic heterocycles. The first-order chi connectivity index (χ1) is 14.1.